The molecule has 2 N–H and O–H groups in total. The summed E-state index contributed by atoms with van der Waals surface area (Å²) in [5.41, 5.74) is 0.778. The van der Waals surface area contributed by atoms with Gasteiger partial charge in [-0.05, 0) is 31.0 Å². The first-order chi connectivity index (χ1) is 13.2. The fourth-order valence-electron chi connectivity index (χ4n) is 2.60. The van der Waals surface area contributed by atoms with Gasteiger partial charge < -0.3 is 10.0 Å². The quantitative estimate of drug-likeness (QED) is 0.566. The summed E-state index contributed by atoms with van der Waals surface area (Å²) >= 11 is 0. The molecule has 0 fully saturated rings. The Balaban J connectivity index is 2.29. The van der Waals surface area contributed by atoms with Gasteiger partial charge in [-0.15, -0.1) is 0 Å². The van der Waals surface area contributed by atoms with Gasteiger partial charge in [0.25, 0.3) is 10.1 Å². The molecule has 0 aliphatic carbocycles. The van der Waals surface area contributed by atoms with Crippen LogP contribution in [0, 0.1) is 0 Å². The molecule has 2 rings (SSSR count). The number of anilines is 1. The molecular weight excluding hydrogens is 384 g/mol. The Morgan fingerprint density at radius 2 is 1.71 bits per heavy atom. The van der Waals surface area contributed by atoms with E-state index < -0.39 is 16.1 Å². The van der Waals surface area contributed by atoms with Crippen molar-refractivity contribution in [3.05, 3.63) is 41.5 Å². The lowest BCUT2D eigenvalue weighted by molar-refractivity contribution is -0.136. The highest BCUT2D eigenvalue weighted by Crippen LogP contribution is 2.15. The number of nitrogens with zero attached hydrogens (tertiary/aromatic N) is 4. The van der Waals surface area contributed by atoms with Crippen LogP contribution in [0.4, 0.5) is 5.95 Å². The lowest BCUT2D eigenvalue weighted by Crippen LogP contribution is -2.28. The highest BCUT2D eigenvalue weighted by atomic mass is 32.2. The minimum Gasteiger partial charge on any atom is -0.481 e. The number of hydrogen-bond donors (Lipinski definition) is 2. The molecule has 0 aliphatic heterocycles. The van der Waals surface area contributed by atoms with Crippen LogP contribution >= 0.6 is 0 Å². The van der Waals surface area contributed by atoms with Crippen molar-refractivity contribution in [2.75, 3.05) is 18.0 Å². The molecule has 0 radical (unpaired) electrons. The molecular formula is C18H24N4O5S. The van der Waals surface area contributed by atoms with Crippen molar-refractivity contribution in [3.63, 3.8) is 0 Å². The van der Waals surface area contributed by atoms with Gasteiger partial charge in [0, 0.05) is 25.9 Å². The summed E-state index contributed by atoms with van der Waals surface area (Å²) in [6.45, 7) is 4.77. The lowest BCUT2D eigenvalue weighted by atomic mass is 10.1. The van der Waals surface area contributed by atoms with Gasteiger partial charge in [-0.3, -0.25) is 9.35 Å². The minimum atomic E-state index is -4.24. The average Bonchev–Trinajstić information content (AvgIpc) is 2.62. The number of aryl methyl sites for hydroxylation is 1. The minimum absolute atomic E-state index is 0.0188. The Hall–Kier alpha value is -2.59. The van der Waals surface area contributed by atoms with E-state index in [-0.39, 0.29) is 11.3 Å². The van der Waals surface area contributed by atoms with Crippen molar-refractivity contribution in [2.45, 2.75) is 44.4 Å². The molecule has 0 unspecified atom stereocenters. The monoisotopic (exact) mass is 408 g/mol. The third-order valence-electron chi connectivity index (χ3n) is 4.03. The average molecular weight is 408 g/mol. The van der Waals surface area contributed by atoms with Crippen molar-refractivity contribution < 1.29 is 22.9 Å². The summed E-state index contributed by atoms with van der Waals surface area (Å²) in [5, 5.41) is 8.93. The maximum atomic E-state index is 11.2. The normalized spacial score (nSPS) is 11.4. The second-order valence-electron chi connectivity index (χ2n) is 6.24. The fraction of sp³-hybridized carbons (Fsp3) is 0.444. The number of hydrogen-bond acceptors (Lipinski definition) is 7. The van der Waals surface area contributed by atoms with Gasteiger partial charge in [-0.25, -0.2) is 4.98 Å². The molecule has 0 amide bonds. The second kappa shape index (κ2) is 9.56. The molecule has 1 heterocycles. The van der Waals surface area contributed by atoms with Crippen LogP contribution in [0.2, 0.25) is 0 Å². The highest BCUT2D eigenvalue weighted by molar-refractivity contribution is 7.85. The van der Waals surface area contributed by atoms with E-state index in [0.717, 1.165) is 12.0 Å². The van der Waals surface area contributed by atoms with Gasteiger partial charge in [0.05, 0.1) is 11.3 Å². The molecule has 28 heavy (non-hydrogen) atoms. The Bertz CT molecular complexity index is 916. The largest absolute Gasteiger partial charge is 0.481 e. The molecule has 1 aromatic heterocycles. The van der Waals surface area contributed by atoms with Gasteiger partial charge in [0.1, 0.15) is 11.6 Å². The molecule has 0 saturated heterocycles. The number of carbonyl (C=O) groups is 1. The zero-order valence-corrected chi connectivity index (χ0v) is 16.7. The molecule has 1 aromatic carbocycles. The van der Waals surface area contributed by atoms with Crippen molar-refractivity contribution in [2.24, 2.45) is 0 Å². The molecule has 0 atom stereocenters. The van der Waals surface area contributed by atoms with Crippen molar-refractivity contribution in [1.82, 2.24) is 15.0 Å². The Morgan fingerprint density at radius 3 is 2.25 bits per heavy atom. The smallest absolute Gasteiger partial charge is 0.305 e. The van der Waals surface area contributed by atoms with Crippen molar-refractivity contribution in [1.29, 1.82) is 0 Å². The fourth-order valence-corrected chi connectivity index (χ4v) is 3.08. The first kappa shape index (κ1) is 21.7. The zero-order chi connectivity index (χ0) is 20.7. The number of aliphatic carboxylic acids is 1. The van der Waals surface area contributed by atoms with Crippen LogP contribution in [0.25, 0.3) is 0 Å². The molecule has 152 valence electrons. The van der Waals surface area contributed by atoms with Crippen LogP contribution in [0.3, 0.4) is 0 Å². The van der Waals surface area contributed by atoms with E-state index >= 15 is 0 Å². The Kier molecular flexibility index (Phi) is 7.41. The summed E-state index contributed by atoms with van der Waals surface area (Å²) < 4.78 is 31.4. The van der Waals surface area contributed by atoms with Crippen LogP contribution in [0.15, 0.2) is 29.2 Å². The molecule has 9 nitrogen and oxygen atoms in total. The summed E-state index contributed by atoms with van der Waals surface area (Å²) in [5.74, 6) is 0.694. The van der Waals surface area contributed by atoms with Crippen molar-refractivity contribution in [3.8, 4) is 0 Å². The molecule has 0 aliphatic rings. The maximum Gasteiger partial charge on any atom is 0.305 e. The number of carboxylic acids is 1. The van der Waals surface area contributed by atoms with Crippen LogP contribution in [-0.4, -0.2) is 52.1 Å². The van der Waals surface area contributed by atoms with Gasteiger partial charge in [-0.2, -0.15) is 18.4 Å². The van der Waals surface area contributed by atoms with Gasteiger partial charge in [-0.1, -0.05) is 19.1 Å². The first-order valence-electron chi connectivity index (χ1n) is 9.00. The third-order valence-corrected chi connectivity index (χ3v) is 4.90. The highest BCUT2D eigenvalue weighted by Gasteiger charge is 2.14. The van der Waals surface area contributed by atoms with E-state index in [1.165, 1.54) is 12.1 Å². The molecule has 10 heteroatoms. The number of rotatable bonds is 10. The topological polar surface area (TPSA) is 134 Å². The zero-order valence-electron chi connectivity index (χ0n) is 15.9. The van der Waals surface area contributed by atoms with Crippen LogP contribution in [-0.2, 0) is 27.8 Å². The summed E-state index contributed by atoms with van der Waals surface area (Å²) in [7, 11) is -4.24. The lowest BCUT2D eigenvalue weighted by Gasteiger charge is -2.20. The summed E-state index contributed by atoms with van der Waals surface area (Å²) in [6.07, 6.45) is 1.86. The Morgan fingerprint density at radius 1 is 1.07 bits per heavy atom. The predicted octanol–water partition coefficient (Wildman–Crippen LogP) is 1.96. The predicted molar refractivity (Wildman–Crippen MR) is 103 cm³/mol. The molecule has 0 bridgehead atoms. The Labute approximate surface area is 164 Å². The van der Waals surface area contributed by atoms with E-state index in [2.05, 4.69) is 15.0 Å². The van der Waals surface area contributed by atoms with E-state index in [9.17, 15) is 13.2 Å². The number of carboxylic acid groups (broad SMARTS) is 1. The van der Waals surface area contributed by atoms with E-state index in [4.69, 9.17) is 9.66 Å². The summed E-state index contributed by atoms with van der Waals surface area (Å²) in [6, 6.07) is 5.83. The van der Waals surface area contributed by atoms with Crippen molar-refractivity contribution >= 4 is 22.0 Å². The van der Waals surface area contributed by atoms with E-state index in [1.54, 1.807) is 17.0 Å². The van der Waals surface area contributed by atoms with Crippen LogP contribution in [0.1, 0.15) is 43.9 Å². The first-order valence-corrected chi connectivity index (χ1v) is 10.4. The van der Waals surface area contributed by atoms with Crippen LogP contribution < -0.4 is 4.90 Å². The standard InChI is InChI=1S/C18H24N4O5S/c1-3-5-15-19-16(12-13-6-8-14(9-7-13)28(25,26)27)21-18(20-15)22(4-2)11-10-17(23)24/h6-9H,3-5,10-12H2,1-2H3,(H,23,24)(H,25,26,27). The van der Waals surface area contributed by atoms with Crippen LogP contribution in [0.5, 0.6) is 0 Å². The molecule has 0 spiro atoms. The summed E-state index contributed by atoms with van der Waals surface area (Å²) in [4.78, 5) is 25.9. The van der Waals surface area contributed by atoms with Gasteiger partial charge in [0.2, 0.25) is 5.95 Å². The number of benzene rings is 1. The second-order valence-corrected chi connectivity index (χ2v) is 7.66. The van der Waals surface area contributed by atoms with Gasteiger partial charge >= 0.3 is 5.97 Å². The van der Waals surface area contributed by atoms with E-state index in [0.29, 0.717) is 43.5 Å². The SMILES string of the molecule is CCCc1nc(Cc2ccc(S(=O)(=O)O)cc2)nc(N(CC)CCC(=O)O)n1. The molecule has 2 aromatic rings. The van der Waals surface area contributed by atoms with E-state index in [1.807, 2.05) is 13.8 Å². The number of aromatic nitrogens is 3. The van der Waals surface area contributed by atoms with Gasteiger partial charge in [0.15, 0.2) is 0 Å². The molecule has 0 saturated carbocycles. The maximum absolute atomic E-state index is 11.2. The third kappa shape index (κ3) is 6.24.